The third-order valence-corrected chi connectivity index (χ3v) is 3.76. The Morgan fingerprint density at radius 1 is 1.12 bits per heavy atom. The van der Waals surface area contributed by atoms with E-state index in [2.05, 4.69) is 15.4 Å². The highest BCUT2D eigenvalue weighted by molar-refractivity contribution is 5.69. The molecule has 0 aliphatic heterocycles. The molecule has 0 aliphatic carbocycles. The van der Waals surface area contributed by atoms with Gasteiger partial charge in [0.1, 0.15) is 5.82 Å². The van der Waals surface area contributed by atoms with Gasteiger partial charge < -0.3 is 4.74 Å². The molecule has 3 rings (SSSR count). The molecule has 0 aliphatic rings. The van der Waals surface area contributed by atoms with Gasteiger partial charge in [-0.1, -0.05) is 42.5 Å². The maximum Gasteiger partial charge on any atom is 0.306 e. The normalized spacial score (nSPS) is 10.7. The topological polar surface area (TPSA) is 69.9 Å². The highest BCUT2D eigenvalue weighted by atomic mass is 19.1. The number of aromatic nitrogens is 4. The number of esters is 1. The molecule has 0 unspecified atom stereocenters. The summed E-state index contributed by atoms with van der Waals surface area (Å²) in [5, 5.41) is 12.3. The van der Waals surface area contributed by atoms with Gasteiger partial charge in [-0.15, -0.1) is 10.2 Å². The number of ether oxygens (including phenoxy) is 1. The minimum Gasteiger partial charge on any atom is -0.466 e. The number of benzene rings is 2. The van der Waals surface area contributed by atoms with Crippen LogP contribution in [0.5, 0.6) is 0 Å². The van der Waals surface area contributed by atoms with Gasteiger partial charge >= 0.3 is 5.97 Å². The highest BCUT2D eigenvalue weighted by Gasteiger charge is 2.07. The number of hydrogen-bond donors (Lipinski definition) is 0. The van der Waals surface area contributed by atoms with E-state index in [0.29, 0.717) is 25.2 Å². The zero-order valence-corrected chi connectivity index (χ0v) is 14.2. The van der Waals surface area contributed by atoms with E-state index in [1.165, 1.54) is 16.9 Å². The van der Waals surface area contributed by atoms with Crippen LogP contribution in [0, 0.1) is 5.82 Å². The molecule has 1 heterocycles. The predicted molar refractivity (Wildman–Crippen MR) is 93.6 cm³/mol. The molecule has 0 saturated heterocycles. The van der Waals surface area contributed by atoms with E-state index in [1.807, 2.05) is 30.3 Å². The number of aryl methyl sites for hydroxylation is 2. The number of halogens is 1. The molecule has 0 N–H and O–H groups in total. The number of carbonyl (C=O) groups excluding carboxylic acids is 1. The number of tetrazole rings is 1. The molecule has 0 bridgehead atoms. The first-order chi connectivity index (χ1) is 12.7. The number of nitrogens with zero attached hydrogens (tertiary/aromatic N) is 4. The fourth-order valence-electron chi connectivity index (χ4n) is 2.44. The van der Waals surface area contributed by atoms with Gasteiger partial charge in [-0.05, 0) is 29.3 Å². The molecule has 134 valence electrons. The first-order valence-electron chi connectivity index (χ1n) is 8.44. The monoisotopic (exact) mass is 354 g/mol. The van der Waals surface area contributed by atoms with Crippen LogP contribution in [0.4, 0.5) is 4.39 Å². The summed E-state index contributed by atoms with van der Waals surface area (Å²) in [5.74, 6) is -0.0328. The Morgan fingerprint density at radius 3 is 2.77 bits per heavy atom. The lowest BCUT2D eigenvalue weighted by atomic mass is 10.1. The lowest BCUT2D eigenvalue weighted by Crippen LogP contribution is -2.10. The summed E-state index contributed by atoms with van der Waals surface area (Å²) in [4.78, 5) is 13.2. The van der Waals surface area contributed by atoms with E-state index < -0.39 is 0 Å². The van der Waals surface area contributed by atoms with Crippen molar-refractivity contribution in [2.45, 2.75) is 25.8 Å². The van der Waals surface area contributed by atoms with Crippen LogP contribution in [0.25, 0.3) is 11.4 Å². The molecule has 7 heteroatoms. The van der Waals surface area contributed by atoms with Gasteiger partial charge in [0.05, 0.1) is 13.2 Å². The summed E-state index contributed by atoms with van der Waals surface area (Å²) < 4.78 is 18.3. The lowest BCUT2D eigenvalue weighted by Gasteiger charge is -2.05. The van der Waals surface area contributed by atoms with Crippen molar-refractivity contribution < 1.29 is 13.9 Å². The number of rotatable bonds is 8. The Hall–Kier alpha value is -3.09. The van der Waals surface area contributed by atoms with Crippen molar-refractivity contribution in [1.82, 2.24) is 20.2 Å². The zero-order chi connectivity index (χ0) is 18.2. The van der Waals surface area contributed by atoms with Crippen molar-refractivity contribution >= 4 is 5.97 Å². The lowest BCUT2D eigenvalue weighted by molar-refractivity contribution is -0.143. The van der Waals surface area contributed by atoms with Gasteiger partial charge in [-0.25, -0.2) is 4.39 Å². The van der Waals surface area contributed by atoms with Crippen molar-refractivity contribution in [2.24, 2.45) is 0 Å². The molecule has 26 heavy (non-hydrogen) atoms. The van der Waals surface area contributed by atoms with Crippen molar-refractivity contribution in [1.29, 1.82) is 0 Å². The van der Waals surface area contributed by atoms with Gasteiger partial charge in [0, 0.05) is 18.4 Å². The van der Waals surface area contributed by atoms with E-state index in [9.17, 15) is 9.18 Å². The molecular weight excluding hydrogens is 335 g/mol. The molecule has 0 radical (unpaired) electrons. The van der Waals surface area contributed by atoms with Gasteiger partial charge in [0.25, 0.3) is 0 Å². The Kier molecular flexibility index (Phi) is 6.03. The van der Waals surface area contributed by atoms with Gasteiger partial charge in [0.15, 0.2) is 0 Å². The van der Waals surface area contributed by atoms with E-state index in [1.54, 1.807) is 12.1 Å². The van der Waals surface area contributed by atoms with Crippen LogP contribution in [0.3, 0.4) is 0 Å². The van der Waals surface area contributed by atoms with Crippen molar-refractivity contribution in [3.63, 3.8) is 0 Å². The predicted octanol–water partition coefficient (Wildman–Crippen LogP) is 3.05. The standard InChI is InChI=1S/C19H19FN4O2/c20-17-9-4-6-15(14-17)10-11-18(25)26-13-5-12-24-22-19(21-23-24)16-7-2-1-3-8-16/h1-4,6-9,14H,5,10-13H2. The van der Waals surface area contributed by atoms with Crippen LogP contribution >= 0.6 is 0 Å². The molecule has 3 aromatic rings. The van der Waals surface area contributed by atoms with Crippen molar-refractivity contribution in [3.8, 4) is 11.4 Å². The molecule has 0 saturated carbocycles. The zero-order valence-electron chi connectivity index (χ0n) is 14.2. The van der Waals surface area contributed by atoms with Crippen LogP contribution in [-0.2, 0) is 22.5 Å². The molecule has 0 atom stereocenters. The molecule has 2 aromatic carbocycles. The molecule has 0 spiro atoms. The van der Waals surface area contributed by atoms with E-state index in [0.717, 1.165) is 11.1 Å². The second-order valence-corrected chi connectivity index (χ2v) is 5.78. The summed E-state index contributed by atoms with van der Waals surface area (Å²) in [6.45, 7) is 0.793. The van der Waals surface area contributed by atoms with Gasteiger partial charge in [-0.3, -0.25) is 4.79 Å². The minimum absolute atomic E-state index is 0.225. The number of carbonyl (C=O) groups is 1. The van der Waals surface area contributed by atoms with Crippen molar-refractivity contribution in [2.75, 3.05) is 6.61 Å². The third kappa shape index (κ3) is 5.20. The maximum atomic E-state index is 13.1. The third-order valence-electron chi connectivity index (χ3n) is 3.76. The van der Waals surface area contributed by atoms with Crippen LogP contribution in [0.1, 0.15) is 18.4 Å². The Morgan fingerprint density at radius 2 is 1.96 bits per heavy atom. The summed E-state index contributed by atoms with van der Waals surface area (Å²) in [5.41, 5.74) is 1.68. The highest BCUT2D eigenvalue weighted by Crippen LogP contribution is 2.12. The first-order valence-corrected chi connectivity index (χ1v) is 8.44. The molecule has 1 aromatic heterocycles. The Labute approximate surface area is 150 Å². The molecule has 0 amide bonds. The minimum atomic E-state index is -0.300. The smallest absolute Gasteiger partial charge is 0.306 e. The summed E-state index contributed by atoms with van der Waals surface area (Å²) in [6, 6.07) is 15.8. The second kappa shape index (κ2) is 8.84. The molecule has 6 nitrogen and oxygen atoms in total. The van der Waals surface area contributed by atoms with Crippen LogP contribution in [0.15, 0.2) is 54.6 Å². The van der Waals surface area contributed by atoms with E-state index in [-0.39, 0.29) is 24.8 Å². The summed E-state index contributed by atoms with van der Waals surface area (Å²) >= 11 is 0. The fraction of sp³-hybridized carbons (Fsp3) is 0.263. The summed E-state index contributed by atoms with van der Waals surface area (Å²) in [6.07, 6.45) is 1.28. The molecular formula is C19H19FN4O2. The average molecular weight is 354 g/mol. The number of hydrogen-bond acceptors (Lipinski definition) is 5. The SMILES string of the molecule is O=C(CCc1cccc(F)c1)OCCCn1nnc(-c2ccccc2)n1. The van der Waals surface area contributed by atoms with Crippen molar-refractivity contribution in [3.05, 3.63) is 66.0 Å². The quantitative estimate of drug-likeness (QED) is 0.459. The van der Waals surface area contributed by atoms with Crippen LogP contribution in [-0.4, -0.2) is 32.8 Å². The van der Waals surface area contributed by atoms with E-state index >= 15 is 0 Å². The Bertz CT molecular complexity index is 852. The fourth-order valence-corrected chi connectivity index (χ4v) is 2.44. The average Bonchev–Trinajstić information content (AvgIpc) is 3.13. The van der Waals surface area contributed by atoms with Gasteiger partial charge in [-0.2, -0.15) is 4.80 Å². The maximum absolute atomic E-state index is 13.1. The molecule has 0 fully saturated rings. The first kappa shape index (κ1) is 17.7. The van der Waals surface area contributed by atoms with Crippen LogP contribution < -0.4 is 0 Å². The largest absolute Gasteiger partial charge is 0.466 e. The second-order valence-electron chi connectivity index (χ2n) is 5.78. The van der Waals surface area contributed by atoms with E-state index in [4.69, 9.17) is 4.74 Å². The van der Waals surface area contributed by atoms with Crippen LogP contribution in [0.2, 0.25) is 0 Å². The Balaban J connectivity index is 1.36. The summed E-state index contributed by atoms with van der Waals surface area (Å²) in [7, 11) is 0. The van der Waals surface area contributed by atoms with Gasteiger partial charge in [0.2, 0.25) is 5.82 Å².